The lowest BCUT2D eigenvalue weighted by molar-refractivity contribution is 0.109. The fourth-order valence-electron chi connectivity index (χ4n) is 1.62. The van der Waals surface area contributed by atoms with Crippen LogP contribution in [0.1, 0.15) is 24.1 Å². The summed E-state index contributed by atoms with van der Waals surface area (Å²) >= 11 is 0. The van der Waals surface area contributed by atoms with Crippen LogP contribution in [-0.4, -0.2) is 16.6 Å². The smallest absolute Gasteiger partial charge is 0.141 e. The van der Waals surface area contributed by atoms with Crippen LogP contribution in [0.2, 0.25) is 0 Å². The molecule has 0 saturated heterocycles. The van der Waals surface area contributed by atoms with Gasteiger partial charge in [0, 0.05) is 5.92 Å². The number of benzene rings is 1. The number of ether oxygens (including phenoxy) is 1. The highest BCUT2D eigenvalue weighted by atomic mass is 16.5. The maximum Gasteiger partial charge on any atom is 0.141 e. The minimum atomic E-state index is 0.210. The van der Waals surface area contributed by atoms with E-state index < -0.39 is 0 Å². The van der Waals surface area contributed by atoms with Crippen molar-refractivity contribution in [3.63, 3.8) is 0 Å². The molecule has 0 radical (unpaired) electrons. The number of rotatable bonds is 5. The summed E-state index contributed by atoms with van der Waals surface area (Å²) in [5.74, 6) is 0.651. The Morgan fingerprint density at radius 1 is 1.17 bits per heavy atom. The molecule has 0 aliphatic carbocycles. The Labute approximate surface area is 107 Å². The van der Waals surface area contributed by atoms with Crippen LogP contribution in [0.3, 0.4) is 0 Å². The van der Waals surface area contributed by atoms with Crippen LogP contribution in [0.15, 0.2) is 42.7 Å². The molecule has 1 atom stereocenters. The van der Waals surface area contributed by atoms with Gasteiger partial charge in [0.25, 0.3) is 0 Å². The predicted molar refractivity (Wildman–Crippen MR) is 71.0 cm³/mol. The van der Waals surface area contributed by atoms with Crippen molar-refractivity contribution in [3.8, 4) is 0 Å². The summed E-state index contributed by atoms with van der Waals surface area (Å²) in [6.07, 6.45) is 3.27. The van der Waals surface area contributed by atoms with Gasteiger partial charge in [-0.1, -0.05) is 37.3 Å². The predicted octanol–water partition coefficient (Wildman–Crippen LogP) is 2.38. The van der Waals surface area contributed by atoms with Crippen molar-refractivity contribution in [1.29, 1.82) is 0 Å². The van der Waals surface area contributed by atoms with E-state index in [1.165, 1.54) is 5.56 Å². The van der Waals surface area contributed by atoms with Crippen LogP contribution in [0.25, 0.3) is 0 Å². The number of nitrogens with two attached hydrogens (primary N) is 1. The maximum absolute atomic E-state index is 5.67. The van der Waals surface area contributed by atoms with E-state index >= 15 is 0 Å². The summed E-state index contributed by atoms with van der Waals surface area (Å²) in [4.78, 5) is 8.26. The van der Waals surface area contributed by atoms with Crippen LogP contribution in [-0.2, 0) is 11.3 Å². The summed E-state index contributed by atoms with van der Waals surface area (Å²) in [5.41, 5.74) is 7.57. The van der Waals surface area contributed by atoms with Crippen molar-refractivity contribution >= 4 is 5.82 Å². The zero-order valence-corrected chi connectivity index (χ0v) is 10.4. The van der Waals surface area contributed by atoms with Crippen molar-refractivity contribution in [2.24, 2.45) is 0 Å². The maximum atomic E-state index is 5.67. The van der Waals surface area contributed by atoms with E-state index in [-0.39, 0.29) is 5.92 Å². The second kappa shape index (κ2) is 6.12. The Hall–Kier alpha value is -1.94. The Morgan fingerprint density at radius 2 is 1.94 bits per heavy atom. The first kappa shape index (κ1) is 12.5. The molecule has 2 aromatic rings. The molecule has 0 aliphatic rings. The standard InChI is InChI=1S/C14H17N3O/c1-11(13-7-17-14(15)8-16-13)9-18-10-12-5-3-2-4-6-12/h2-8,11H,9-10H2,1H3,(H2,15,17). The SMILES string of the molecule is CC(COCc1ccccc1)c1cnc(N)cn1. The van der Waals surface area contributed by atoms with Crippen LogP contribution in [0, 0.1) is 0 Å². The Bertz CT molecular complexity index is 470. The first-order valence-corrected chi connectivity index (χ1v) is 5.95. The first-order chi connectivity index (χ1) is 8.75. The molecule has 0 fully saturated rings. The molecule has 1 aromatic carbocycles. The van der Waals surface area contributed by atoms with E-state index in [1.54, 1.807) is 12.4 Å². The zero-order valence-electron chi connectivity index (χ0n) is 10.4. The van der Waals surface area contributed by atoms with Crippen molar-refractivity contribution in [3.05, 3.63) is 54.0 Å². The van der Waals surface area contributed by atoms with E-state index in [0.29, 0.717) is 19.0 Å². The minimum absolute atomic E-state index is 0.210. The molecule has 2 rings (SSSR count). The number of hydrogen-bond donors (Lipinski definition) is 1. The number of anilines is 1. The van der Waals surface area contributed by atoms with Gasteiger partial charge in [-0.25, -0.2) is 4.98 Å². The van der Waals surface area contributed by atoms with Gasteiger partial charge >= 0.3 is 0 Å². The molecular formula is C14H17N3O. The number of nitrogen functional groups attached to an aromatic ring is 1. The monoisotopic (exact) mass is 243 g/mol. The van der Waals surface area contributed by atoms with Gasteiger partial charge in [0.2, 0.25) is 0 Å². The second-order valence-electron chi connectivity index (χ2n) is 4.27. The number of nitrogens with zero attached hydrogens (tertiary/aromatic N) is 2. The van der Waals surface area contributed by atoms with E-state index in [4.69, 9.17) is 10.5 Å². The third-order valence-electron chi connectivity index (χ3n) is 2.68. The average molecular weight is 243 g/mol. The first-order valence-electron chi connectivity index (χ1n) is 5.95. The van der Waals surface area contributed by atoms with Crippen LogP contribution >= 0.6 is 0 Å². The van der Waals surface area contributed by atoms with E-state index in [0.717, 1.165) is 5.69 Å². The Kier molecular flexibility index (Phi) is 4.25. The molecule has 2 N–H and O–H groups in total. The summed E-state index contributed by atoms with van der Waals surface area (Å²) in [5, 5.41) is 0. The molecular weight excluding hydrogens is 226 g/mol. The normalized spacial score (nSPS) is 12.3. The summed E-state index contributed by atoms with van der Waals surface area (Å²) in [6, 6.07) is 10.1. The fourth-order valence-corrected chi connectivity index (χ4v) is 1.62. The van der Waals surface area contributed by atoms with Crippen molar-refractivity contribution in [1.82, 2.24) is 9.97 Å². The molecule has 94 valence electrons. The van der Waals surface area contributed by atoms with Crippen molar-refractivity contribution in [2.75, 3.05) is 12.3 Å². The van der Waals surface area contributed by atoms with E-state index in [2.05, 4.69) is 16.9 Å². The van der Waals surface area contributed by atoms with Crippen LogP contribution < -0.4 is 5.73 Å². The molecule has 4 nitrogen and oxygen atoms in total. The quantitative estimate of drug-likeness (QED) is 0.875. The minimum Gasteiger partial charge on any atom is -0.382 e. The van der Waals surface area contributed by atoms with E-state index in [1.807, 2.05) is 30.3 Å². The molecule has 1 aromatic heterocycles. The van der Waals surface area contributed by atoms with Gasteiger partial charge in [0.05, 0.1) is 31.3 Å². The molecule has 0 saturated carbocycles. The highest BCUT2D eigenvalue weighted by molar-refractivity contribution is 5.23. The van der Waals surface area contributed by atoms with Gasteiger partial charge in [-0.3, -0.25) is 4.98 Å². The molecule has 1 unspecified atom stereocenters. The average Bonchev–Trinajstić information content (AvgIpc) is 2.40. The number of aromatic nitrogens is 2. The molecule has 0 spiro atoms. The molecule has 1 heterocycles. The third-order valence-corrected chi connectivity index (χ3v) is 2.68. The highest BCUT2D eigenvalue weighted by Gasteiger charge is 2.07. The van der Waals surface area contributed by atoms with Gasteiger partial charge in [-0.05, 0) is 5.56 Å². The fraction of sp³-hybridized carbons (Fsp3) is 0.286. The lowest BCUT2D eigenvalue weighted by atomic mass is 10.1. The van der Waals surface area contributed by atoms with Crippen LogP contribution in [0.4, 0.5) is 5.82 Å². The Balaban J connectivity index is 1.81. The molecule has 0 bridgehead atoms. The van der Waals surface area contributed by atoms with Crippen LogP contribution in [0.5, 0.6) is 0 Å². The van der Waals surface area contributed by atoms with Gasteiger partial charge in [0.15, 0.2) is 0 Å². The highest BCUT2D eigenvalue weighted by Crippen LogP contribution is 2.13. The van der Waals surface area contributed by atoms with E-state index in [9.17, 15) is 0 Å². The molecule has 0 amide bonds. The molecule has 0 aliphatic heterocycles. The molecule has 4 heteroatoms. The number of hydrogen-bond acceptors (Lipinski definition) is 4. The van der Waals surface area contributed by atoms with Gasteiger partial charge in [-0.2, -0.15) is 0 Å². The Morgan fingerprint density at radius 3 is 2.61 bits per heavy atom. The van der Waals surface area contributed by atoms with Gasteiger partial charge in [-0.15, -0.1) is 0 Å². The zero-order chi connectivity index (χ0) is 12.8. The summed E-state index contributed by atoms with van der Waals surface area (Å²) in [7, 11) is 0. The molecule has 18 heavy (non-hydrogen) atoms. The lowest BCUT2D eigenvalue weighted by Gasteiger charge is -2.11. The van der Waals surface area contributed by atoms with Crippen molar-refractivity contribution < 1.29 is 4.74 Å². The van der Waals surface area contributed by atoms with Gasteiger partial charge in [0.1, 0.15) is 5.82 Å². The lowest BCUT2D eigenvalue weighted by Crippen LogP contribution is -2.07. The van der Waals surface area contributed by atoms with Gasteiger partial charge < -0.3 is 10.5 Å². The van der Waals surface area contributed by atoms with Crippen molar-refractivity contribution in [2.45, 2.75) is 19.4 Å². The third kappa shape index (κ3) is 3.53. The topological polar surface area (TPSA) is 61.0 Å². The summed E-state index contributed by atoms with van der Waals surface area (Å²) < 4.78 is 5.67. The largest absolute Gasteiger partial charge is 0.382 e. The summed E-state index contributed by atoms with van der Waals surface area (Å²) in [6.45, 7) is 3.30. The second-order valence-corrected chi connectivity index (χ2v) is 4.27.